The molecule has 83 heavy (non-hydrogen) atoms. The number of phenols is 2. The van der Waals surface area contributed by atoms with Gasteiger partial charge in [0.15, 0.2) is 5.96 Å². The molecular weight excluding hydrogens is 1080 g/mol. The highest BCUT2D eigenvalue weighted by atomic mass is 16.6. The van der Waals surface area contributed by atoms with E-state index in [4.69, 9.17) is 45.3 Å². The van der Waals surface area contributed by atoms with Crippen LogP contribution in [0.25, 0.3) is 0 Å². The number of rotatable bonds is 14. The van der Waals surface area contributed by atoms with Gasteiger partial charge in [0, 0.05) is 14.1 Å². The summed E-state index contributed by atoms with van der Waals surface area (Å²) in [5, 5.41) is 45.5. The largest absolute Gasteiger partial charge is 0.507 e. The fraction of sp³-hybridized carbons (Fsp3) is 0.0333. The average molecular weight is 1130 g/mol. The van der Waals surface area contributed by atoms with Gasteiger partial charge in [0.2, 0.25) is 5.96 Å². The van der Waals surface area contributed by atoms with E-state index in [-0.39, 0.29) is 102 Å². The zero-order chi connectivity index (χ0) is 60.2. The van der Waals surface area contributed by atoms with Crippen molar-refractivity contribution in [3.8, 4) is 46.0 Å². The predicted octanol–water partition coefficient (Wildman–Crippen LogP) is 8.25. The minimum Gasteiger partial charge on any atom is -0.507 e. The maximum atomic E-state index is 13.0. The monoisotopic (exact) mass is 1130 g/mol. The molecule has 420 valence electrons. The van der Waals surface area contributed by atoms with Crippen LogP contribution in [-0.4, -0.2) is 99.1 Å². The zero-order valence-electron chi connectivity index (χ0n) is 43.5. The lowest BCUT2D eigenvalue weighted by Crippen LogP contribution is -2.28. The van der Waals surface area contributed by atoms with Crippen molar-refractivity contribution in [2.75, 3.05) is 14.1 Å². The number of carboxylic acid groups (broad SMARTS) is 2. The average Bonchev–Trinajstić information content (AvgIpc) is 3.65. The van der Waals surface area contributed by atoms with Crippen molar-refractivity contribution < 1.29 is 87.2 Å². The molecule has 0 radical (unpaired) electrons. The molecule has 0 unspecified atom stereocenters. The lowest BCUT2D eigenvalue weighted by Gasteiger charge is -2.13. The number of nitrogens with one attached hydrogen (secondary N) is 1. The first-order valence-electron chi connectivity index (χ1n) is 24.0. The molecule has 9 N–H and O–H groups in total. The highest BCUT2D eigenvalue weighted by Crippen LogP contribution is 2.30. The van der Waals surface area contributed by atoms with Gasteiger partial charge in [-0.05, 0) is 97.1 Å². The van der Waals surface area contributed by atoms with E-state index in [1.807, 2.05) is 0 Å². The number of phenolic OH excluding ortho intramolecular Hbond substituents is 2. The molecule has 0 atom stereocenters. The number of esters is 6. The Kier molecular flexibility index (Phi) is 20.6. The van der Waals surface area contributed by atoms with Crippen LogP contribution in [0.1, 0.15) is 82.9 Å². The van der Waals surface area contributed by atoms with E-state index in [0.717, 1.165) is 0 Å². The maximum absolute atomic E-state index is 13.0. The van der Waals surface area contributed by atoms with Crippen LogP contribution in [0.2, 0.25) is 0 Å². The Hall–Kier alpha value is -12.1. The number of carboxylic acids is 2. The number of aliphatic imine (C=N–C) groups is 1. The Bertz CT molecular complexity index is 3570. The number of carbonyl (C=O) groups is 8. The minimum atomic E-state index is -1.28. The molecule has 0 fully saturated rings. The normalized spacial score (nSPS) is 10.0. The third-order valence-corrected chi connectivity index (χ3v) is 10.8. The summed E-state index contributed by atoms with van der Waals surface area (Å²) in [4.78, 5) is 105. The van der Waals surface area contributed by atoms with E-state index in [1.165, 1.54) is 175 Å². The third-order valence-electron chi connectivity index (χ3n) is 10.8. The van der Waals surface area contributed by atoms with Gasteiger partial charge in [-0.2, -0.15) is 4.99 Å². The third kappa shape index (κ3) is 16.4. The molecule has 0 spiro atoms. The summed E-state index contributed by atoms with van der Waals surface area (Å²) in [7, 11) is 3.38. The number of guanidine groups is 2. The van der Waals surface area contributed by atoms with Crippen LogP contribution in [0.15, 0.2) is 199 Å². The lowest BCUT2D eigenvalue weighted by molar-refractivity contribution is 0.0652. The van der Waals surface area contributed by atoms with Crippen molar-refractivity contribution in [2.24, 2.45) is 16.5 Å². The zero-order valence-corrected chi connectivity index (χ0v) is 43.5. The predicted molar refractivity (Wildman–Crippen MR) is 296 cm³/mol. The van der Waals surface area contributed by atoms with Crippen molar-refractivity contribution in [2.45, 2.75) is 0 Å². The number of aromatic carboxylic acids is 2. The molecule has 8 aromatic carbocycles. The van der Waals surface area contributed by atoms with Gasteiger partial charge in [-0.25, -0.2) is 38.4 Å². The number of aromatic hydroxyl groups is 2. The van der Waals surface area contributed by atoms with E-state index in [0.29, 0.717) is 0 Å². The van der Waals surface area contributed by atoms with Crippen LogP contribution >= 0.6 is 0 Å². The van der Waals surface area contributed by atoms with Gasteiger partial charge in [-0.1, -0.05) is 97.1 Å². The lowest BCUT2D eigenvalue weighted by atomic mass is 10.1. The number of ether oxygens (including phenoxy) is 6. The molecule has 8 aromatic rings. The Balaban J connectivity index is 0.000000232. The molecule has 0 bridgehead atoms. The van der Waals surface area contributed by atoms with Crippen molar-refractivity contribution in [1.29, 1.82) is 5.41 Å². The number of hydrogen-bond donors (Lipinski definition) is 7. The second-order valence-electron chi connectivity index (χ2n) is 16.7. The Labute approximate surface area is 470 Å². The smallest absolute Gasteiger partial charge is 0.347 e. The first-order valence-corrected chi connectivity index (χ1v) is 24.0. The van der Waals surface area contributed by atoms with Crippen molar-refractivity contribution >= 4 is 59.7 Å². The summed E-state index contributed by atoms with van der Waals surface area (Å²) in [5.41, 5.74) is 8.84. The van der Waals surface area contributed by atoms with Gasteiger partial charge in [0.25, 0.3) is 0 Å². The topological polar surface area (TPSA) is 364 Å². The van der Waals surface area contributed by atoms with E-state index in [9.17, 15) is 58.8 Å². The van der Waals surface area contributed by atoms with Gasteiger partial charge in [0.05, 0.1) is 0 Å². The van der Waals surface area contributed by atoms with Crippen molar-refractivity contribution in [3.05, 3.63) is 239 Å². The molecule has 8 rings (SSSR count). The molecule has 0 aliphatic rings. The number of para-hydroxylation sites is 8. The maximum Gasteiger partial charge on any atom is 0.347 e. The van der Waals surface area contributed by atoms with Crippen molar-refractivity contribution in [1.82, 2.24) is 4.90 Å². The summed E-state index contributed by atoms with van der Waals surface area (Å²) in [6, 6.07) is 45.8. The van der Waals surface area contributed by atoms with Gasteiger partial charge >= 0.3 is 47.8 Å². The molecule has 0 saturated carbocycles. The van der Waals surface area contributed by atoms with Gasteiger partial charge in [-0.3, -0.25) is 5.41 Å². The first kappa shape index (κ1) is 60.1. The van der Waals surface area contributed by atoms with Gasteiger partial charge in [-0.15, -0.1) is 0 Å². The van der Waals surface area contributed by atoms with Crippen LogP contribution in [0.5, 0.6) is 46.0 Å². The minimum absolute atomic E-state index is 0.0509. The molecule has 23 heteroatoms. The molecule has 0 aliphatic carbocycles. The molecule has 0 aromatic heterocycles. The Morgan fingerprint density at radius 3 is 0.747 bits per heavy atom. The van der Waals surface area contributed by atoms with E-state index in [1.54, 1.807) is 38.4 Å². The molecule has 0 amide bonds. The number of benzene rings is 8. The van der Waals surface area contributed by atoms with Crippen LogP contribution in [-0.2, 0) is 0 Å². The molecule has 0 heterocycles. The summed E-state index contributed by atoms with van der Waals surface area (Å²) >= 11 is 0. The van der Waals surface area contributed by atoms with Crippen LogP contribution < -0.4 is 39.9 Å². The van der Waals surface area contributed by atoms with Crippen LogP contribution in [0.3, 0.4) is 0 Å². The quantitative estimate of drug-likeness (QED) is 0.0233. The number of carbonyl (C=O) groups excluding carboxylic acids is 6. The summed E-state index contributed by atoms with van der Waals surface area (Å²) in [6.45, 7) is 0. The number of nitrogens with zero attached hydrogens (tertiary/aromatic N) is 2. The number of hydrogen-bond acceptors (Lipinski definition) is 17. The van der Waals surface area contributed by atoms with E-state index in [2.05, 4.69) is 4.99 Å². The van der Waals surface area contributed by atoms with E-state index < -0.39 is 47.8 Å². The second-order valence-corrected chi connectivity index (χ2v) is 16.7. The summed E-state index contributed by atoms with van der Waals surface area (Å²) < 4.78 is 32.0. The number of nitrogens with two attached hydrogens (primary N) is 2. The molecular formula is C60H47N5O18. The van der Waals surface area contributed by atoms with Crippen molar-refractivity contribution in [3.63, 3.8) is 0 Å². The standard InChI is InChI=1S/2C28H18O9.C4H11N5/c2*29-21-13-5-1-9-17(21)26(32)36-23-15-7-3-11-19(23)28(34)37-24-16-8-4-12-20(24)27(33)35-22-14-6-2-10-18(22)25(30)31;1-9(2)4(7)8-3(5)6/h2*1-16,29H,(H,30,31);1-2H3,(H5,5,6,7,8). The summed E-state index contributed by atoms with van der Waals surface area (Å²) in [5.74, 6) is -9.66. The fourth-order valence-corrected chi connectivity index (χ4v) is 6.81. The van der Waals surface area contributed by atoms with Crippen LogP contribution in [0, 0.1) is 5.41 Å². The first-order chi connectivity index (χ1) is 39.7. The van der Waals surface area contributed by atoms with E-state index >= 15 is 0 Å². The van der Waals surface area contributed by atoms with Gasteiger partial charge in [0.1, 0.15) is 90.5 Å². The second kappa shape index (κ2) is 28.5. The molecule has 23 nitrogen and oxygen atoms in total. The highest BCUT2D eigenvalue weighted by Gasteiger charge is 2.26. The Morgan fingerprint density at radius 2 is 0.542 bits per heavy atom. The fourth-order valence-electron chi connectivity index (χ4n) is 6.81. The van der Waals surface area contributed by atoms with Crippen LogP contribution in [0.4, 0.5) is 0 Å². The summed E-state index contributed by atoms with van der Waals surface area (Å²) in [6.07, 6.45) is 0. The van der Waals surface area contributed by atoms with Gasteiger partial charge < -0.3 is 65.2 Å². The molecule has 0 aliphatic heterocycles. The Morgan fingerprint density at radius 1 is 0.349 bits per heavy atom. The molecule has 0 saturated heterocycles. The SMILES string of the molecule is CN(C)C(=N)N=C(N)N.O=C(Oc1ccccc1C(=O)Oc1ccccc1C(=O)Oc1ccccc1C(=O)O)c1ccccc1O.O=C(Oc1ccccc1C(=O)Oc1ccccc1C(=O)Oc1ccccc1C(=O)O)c1ccccc1O. The highest BCUT2D eigenvalue weighted by molar-refractivity contribution is 6.03.